The average Bonchev–Trinajstić information content (AvgIpc) is 2.93. The van der Waals surface area contributed by atoms with Crippen molar-refractivity contribution in [3.8, 4) is 0 Å². The van der Waals surface area contributed by atoms with Gasteiger partial charge < -0.3 is 9.47 Å². The molecule has 0 N–H and O–H groups in total. The molecule has 0 amide bonds. The first kappa shape index (κ1) is 15.7. The summed E-state index contributed by atoms with van der Waals surface area (Å²) < 4.78 is 10.6. The van der Waals surface area contributed by atoms with E-state index >= 15 is 0 Å². The predicted octanol–water partition coefficient (Wildman–Crippen LogP) is 1.64. The minimum Gasteiger partial charge on any atom is -0.465 e. The standard InChI is InChI=1S/C16H21ClN2O3/c1-18-5-6-22-15-10-19(9-14(15)18)8-12-7-11(16(20)21-2)3-4-13(12)17/h3-4,7,14-15H,5-6,8-10H2,1-2H3/t14-,15+/m1/s1. The molecule has 6 heteroatoms. The van der Waals surface area contributed by atoms with Crippen molar-refractivity contribution in [2.75, 3.05) is 40.4 Å². The third kappa shape index (κ3) is 3.13. The normalized spacial score (nSPS) is 26.0. The van der Waals surface area contributed by atoms with Gasteiger partial charge in [-0.1, -0.05) is 11.6 Å². The highest BCUT2D eigenvalue weighted by molar-refractivity contribution is 6.31. The Morgan fingerprint density at radius 3 is 3.00 bits per heavy atom. The molecule has 1 aromatic rings. The number of likely N-dealkylation sites (tertiary alicyclic amines) is 1. The Balaban J connectivity index is 1.72. The van der Waals surface area contributed by atoms with Crippen LogP contribution in [0.1, 0.15) is 15.9 Å². The highest BCUT2D eigenvalue weighted by atomic mass is 35.5. The molecule has 0 spiro atoms. The van der Waals surface area contributed by atoms with Gasteiger partial charge >= 0.3 is 5.97 Å². The van der Waals surface area contributed by atoms with Crippen molar-refractivity contribution in [2.45, 2.75) is 18.7 Å². The molecular formula is C16H21ClN2O3. The monoisotopic (exact) mass is 324 g/mol. The largest absolute Gasteiger partial charge is 0.465 e. The smallest absolute Gasteiger partial charge is 0.337 e. The fourth-order valence-corrected chi connectivity index (χ4v) is 3.42. The number of morpholine rings is 1. The number of hydrogen-bond donors (Lipinski definition) is 0. The van der Waals surface area contributed by atoms with Gasteiger partial charge in [-0.05, 0) is 30.8 Å². The number of likely N-dealkylation sites (N-methyl/N-ethyl adjacent to an activating group) is 1. The number of carbonyl (C=O) groups is 1. The average molecular weight is 325 g/mol. The van der Waals surface area contributed by atoms with E-state index in [-0.39, 0.29) is 12.1 Å². The van der Waals surface area contributed by atoms with Crippen molar-refractivity contribution < 1.29 is 14.3 Å². The van der Waals surface area contributed by atoms with Crippen LogP contribution in [0.3, 0.4) is 0 Å². The van der Waals surface area contributed by atoms with E-state index < -0.39 is 0 Å². The number of nitrogens with zero attached hydrogens (tertiary/aromatic N) is 2. The molecule has 1 aromatic carbocycles. The van der Waals surface area contributed by atoms with E-state index in [4.69, 9.17) is 21.1 Å². The quantitative estimate of drug-likeness (QED) is 0.791. The Labute approximate surface area is 135 Å². The van der Waals surface area contributed by atoms with Gasteiger partial charge in [0.05, 0.1) is 25.4 Å². The van der Waals surface area contributed by atoms with Gasteiger partial charge in [-0.15, -0.1) is 0 Å². The molecule has 0 aliphatic carbocycles. The van der Waals surface area contributed by atoms with Gasteiger partial charge in [-0.2, -0.15) is 0 Å². The van der Waals surface area contributed by atoms with Gasteiger partial charge in [-0.25, -0.2) is 4.79 Å². The van der Waals surface area contributed by atoms with Crippen LogP contribution in [0.5, 0.6) is 0 Å². The zero-order valence-electron chi connectivity index (χ0n) is 12.9. The van der Waals surface area contributed by atoms with Crippen LogP contribution < -0.4 is 0 Å². The highest BCUT2D eigenvalue weighted by Gasteiger charge is 2.38. The summed E-state index contributed by atoms with van der Waals surface area (Å²) in [6, 6.07) is 5.71. The van der Waals surface area contributed by atoms with Crippen LogP contribution in [0.15, 0.2) is 18.2 Å². The molecule has 0 radical (unpaired) electrons. The fraction of sp³-hybridized carbons (Fsp3) is 0.562. The van der Waals surface area contributed by atoms with E-state index in [1.54, 1.807) is 12.1 Å². The van der Waals surface area contributed by atoms with Gasteiger partial charge in [0.1, 0.15) is 0 Å². The molecule has 2 fully saturated rings. The lowest BCUT2D eigenvalue weighted by atomic mass is 10.1. The maximum atomic E-state index is 11.7. The number of hydrogen-bond acceptors (Lipinski definition) is 5. The molecule has 0 unspecified atom stereocenters. The van der Waals surface area contributed by atoms with E-state index in [1.165, 1.54) is 7.11 Å². The highest BCUT2D eigenvalue weighted by Crippen LogP contribution is 2.26. The van der Waals surface area contributed by atoms with Crippen LogP contribution in [0, 0.1) is 0 Å². The lowest BCUT2D eigenvalue weighted by molar-refractivity contribution is -0.0370. The summed E-state index contributed by atoms with van der Waals surface area (Å²) in [5.41, 5.74) is 1.48. The van der Waals surface area contributed by atoms with Gasteiger partial charge in [0, 0.05) is 37.2 Å². The second-order valence-corrected chi connectivity index (χ2v) is 6.36. The first-order valence-corrected chi connectivity index (χ1v) is 7.87. The number of halogens is 1. The van der Waals surface area contributed by atoms with Gasteiger partial charge in [0.25, 0.3) is 0 Å². The van der Waals surface area contributed by atoms with E-state index in [0.29, 0.717) is 23.2 Å². The number of esters is 1. The van der Waals surface area contributed by atoms with Crippen molar-refractivity contribution in [1.29, 1.82) is 0 Å². The minimum absolute atomic E-state index is 0.265. The first-order chi connectivity index (χ1) is 10.6. The van der Waals surface area contributed by atoms with Crippen LogP contribution in [0.4, 0.5) is 0 Å². The van der Waals surface area contributed by atoms with Crippen LogP contribution in [-0.4, -0.2) is 68.3 Å². The lowest BCUT2D eigenvalue weighted by Crippen LogP contribution is -2.48. The maximum absolute atomic E-state index is 11.7. The Hall–Kier alpha value is -1.14. The molecule has 2 heterocycles. The van der Waals surface area contributed by atoms with Gasteiger partial charge in [-0.3, -0.25) is 9.80 Å². The first-order valence-electron chi connectivity index (χ1n) is 7.49. The molecule has 3 rings (SSSR count). The minimum atomic E-state index is -0.337. The number of methoxy groups -OCH3 is 1. The zero-order chi connectivity index (χ0) is 15.7. The zero-order valence-corrected chi connectivity index (χ0v) is 13.7. The summed E-state index contributed by atoms with van der Waals surface area (Å²) in [4.78, 5) is 16.4. The van der Waals surface area contributed by atoms with Crippen LogP contribution in [0.25, 0.3) is 0 Å². The van der Waals surface area contributed by atoms with Gasteiger partial charge in [0.15, 0.2) is 0 Å². The van der Waals surface area contributed by atoms with Crippen molar-refractivity contribution in [3.05, 3.63) is 34.3 Å². The van der Waals surface area contributed by atoms with E-state index in [0.717, 1.165) is 31.8 Å². The Morgan fingerprint density at radius 2 is 2.27 bits per heavy atom. The Bertz CT molecular complexity index is 566. The SMILES string of the molecule is COC(=O)c1ccc(Cl)c(CN2C[C@@H]3OCCN(C)[C@@H]3C2)c1. The molecule has 120 valence electrons. The molecule has 2 aliphatic heterocycles. The van der Waals surface area contributed by atoms with Crippen molar-refractivity contribution in [2.24, 2.45) is 0 Å². The Morgan fingerprint density at radius 1 is 1.45 bits per heavy atom. The topological polar surface area (TPSA) is 42.0 Å². The van der Waals surface area contributed by atoms with Crippen molar-refractivity contribution in [1.82, 2.24) is 9.80 Å². The number of rotatable bonds is 3. The molecule has 2 aliphatic rings. The second kappa shape index (κ2) is 6.54. The summed E-state index contributed by atoms with van der Waals surface area (Å²) in [7, 11) is 3.53. The number of ether oxygens (including phenoxy) is 2. The summed E-state index contributed by atoms with van der Waals surface area (Å²) in [6.45, 7) is 4.35. The van der Waals surface area contributed by atoms with E-state index in [1.807, 2.05) is 6.07 Å². The molecule has 5 nitrogen and oxygen atoms in total. The summed E-state index contributed by atoms with van der Waals surface area (Å²) in [5, 5.41) is 0.678. The predicted molar refractivity (Wildman–Crippen MR) is 84.2 cm³/mol. The molecule has 0 saturated carbocycles. The van der Waals surface area contributed by atoms with Crippen LogP contribution in [0.2, 0.25) is 5.02 Å². The van der Waals surface area contributed by atoms with Crippen molar-refractivity contribution >= 4 is 17.6 Å². The summed E-state index contributed by atoms with van der Waals surface area (Å²) in [5.74, 6) is -0.337. The van der Waals surface area contributed by atoms with Gasteiger partial charge in [0.2, 0.25) is 0 Å². The number of benzene rings is 1. The molecule has 0 aromatic heterocycles. The van der Waals surface area contributed by atoms with E-state index in [9.17, 15) is 4.79 Å². The van der Waals surface area contributed by atoms with Crippen LogP contribution in [-0.2, 0) is 16.0 Å². The third-order valence-corrected chi connectivity index (χ3v) is 4.88. The lowest BCUT2D eigenvalue weighted by Gasteiger charge is -2.33. The molecule has 2 saturated heterocycles. The summed E-state index contributed by atoms with van der Waals surface area (Å²) >= 11 is 6.28. The molecule has 2 atom stereocenters. The fourth-order valence-electron chi connectivity index (χ4n) is 3.24. The van der Waals surface area contributed by atoms with Crippen molar-refractivity contribution in [3.63, 3.8) is 0 Å². The second-order valence-electron chi connectivity index (χ2n) is 5.95. The van der Waals surface area contributed by atoms with E-state index in [2.05, 4.69) is 16.8 Å². The molecule has 0 bridgehead atoms. The molecular weight excluding hydrogens is 304 g/mol. The summed E-state index contributed by atoms with van der Waals surface area (Å²) in [6.07, 6.45) is 0.265. The number of carbonyl (C=O) groups excluding carboxylic acids is 1. The maximum Gasteiger partial charge on any atom is 0.337 e. The Kier molecular flexibility index (Phi) is 4.68. The third-order valence-electron chi connectivity index (χ3n) is 4.52. The molecule has 22 heavy (non-hydrogen) atoms. The van der Waals surface area contributed by atoms with Crippen LogP contribution >= 0.6 is 11.6 Å². The number of fused-ring (bicyclic) bond motifs is 1.